The minimum atomic E-state index is -0.256. The number of nitriles is 1. The van der Waals surface area contributed by atoms with Crippen LogP contribution in [-0.2, 0) is 6.42 Å². The summed E-state index contributed by atoms with van der Waals surface area (Å²) in [6.45, 7) is 0. The molecule has 0 bridgehead atoms. The molecule has 1 nitrogen and oxygen atoms in total. The van der Waals surface area contributed by atoms with Crippen LogP contribution in [0.25, 0.3) is 10.1 Å². The normalized spacial score (nSPS) is 10.4. The highest BCUT2D eigenvalue weighted by molar-refractivity contribution is 9.10. The quantitative estimate of drug-likeness (QED) is 0.771. The second-order valence-electron chi connectivity index (χ2n) is 2.81. The average molecular weight is 270 g/mol. The number of fused-ring (bicyclic) bond motifs is 1. The van der Waals surface area contributed by atoms with Gasteiger partial charge >= 0.3 is 0 Å². The lowest BCUT2D eigenvalue weighted by Gasteiger charge is -1.93. The Balaban J connectivity index is 2.78. The third kappa shape index (κ3) is 1.43. The van der Waals surface area contributed by atoms with Crippen molar-refractivity contribution in [3.8, 4) is 6.07 Å². The SMILES string of the molecule is N#CCc1c(F)sc2c(Br)cccc12. The number of benzene rings is 1. The third-order valence-electron chi connectivity index (χ3n) is 1.98. The maximum absolute atomic E-state index is 13.4. The standard InChI is InChI=1S/C10H5BrFNS/c11-8-3-1-2-6-7(4-5-13)10(12)14-9(6)8/h1-3H,4H2. The monoisotopic (exact) mass is 269 g/mol. The minimum absolute atomic E-state index is 0.127. The van der Waals surface area contributed by atoms with Gasteiger partial charge in [-0.15, -0.1) is 11.3 Å². The fraction of sp³-hybridized carbons (Fsp3) is 0.100. The fourth-order valence-corrected chi connectivity index (χ4v) is 2.91. The molecule has 0 aliphatic carbocycles. The number of rotatable bonds is 1. The zero-order valence-electron chi connectivity index (χ0n) is 7.05. The predicted molar refractivity (Wildman–Crippen MR) is 58.8 cm³/mol. The third-order valence-corrected chi connectivity index (χ3v) is 3.97. The van der Waals surface area contributed by atoms with Gasteiger partial charge in [0.2, 0.25) is 0 Å². The van der Waals surface area contributed by atoms with E-state index in [2.05, 4.69) is 15.9 Å². The van der Waals surface area contributed by atoms with Crippen LogP contribution in [0.2, 0.25) is 0 Å². The molecule has 0 N–H and O–H groups in total. The number of hydrogen-bond donors (Lipinski definition) is 0. The van der Waals surface area contributed by atoms with E-state index in [4.69, 9.17) is 5.26 Å². The Bertz CT molecular complexity index is 527. The minimum Gasteiger partial charge on any atom is -0.198 e. The predicted octanol–water partition coefficient (Wildman–Crippen LogP) is 3.87. The molecular formula is C10H5BrFNS. The van der Waals surface area contributed by atoms with E-state index in [1.807, 2.05) is 24.3 Å². The Morgan fingerprint density at radius 1 is 1.50 bits per heavy atom. The van der Waals surface area contributed by atoms with Gasteiger partial charge < -0.3 is 0 Å². The molecule has 0 saturated heterocycles. The molecule has 4 heteroatoms. The van der Waals surface area contributed by atoms with Gasteiger partial charge in [0, 0.05) is 15.4 Å². The fourth-order valence-electron chi connectivity index (χ4n) is 1.35. The Hall–Kier alpha value is -0.920. The van der Waals surface area contributed by atoms with Crippen LogP contribution in [0.4, 0.5) is 4.39 Å². The molecule has 0 aliphatic rings. The maximum atomic E-state index is 13.4. The zero-order valence-corrected chi connectivity index (χ0v) is 9.45. The number of nitrogens with zero attached hydrogens (tertiary/aromatic N) is 1. The molecule has 0 saturated carbocycles. The van der Waals surface area contributed by atoms with Gasteiger partial charge in [-0.25, -0.2) is 0 Å². The highest BCUT2D eigenvalue weighted by atomic mass is 79.9. The molecule has 0 fully saturated rings. The second kappa shape index (κ2) is 3.68. The Kier molecular flexibility index (Phi) is 2.53. The average Bonchev–Trinajstić information content (AvgIpc) is 2.47. The Morgan fingerprint density at radius 3 is 3.00 bits per heavy atom. The van der Waals surface area contributed by atoms with Crippen molar-refractivity contribution in [3.05, 3.63) is 33.4 Å². The molecule has 1 aromatic carbocycles. The van der Waals surface area contributed by atoms with E-state index in [0.717, 1.165) is 25.9 Å². The summed E-state index contributed by atoms with van der Waals surface area (Å²) in [5, 5.41) is 9.15. The Morgan fingerprint density at radius 2 is 2.29 bits per heavy atom. The summed E-state index contributed by atoms with van der Waals surface area (Å²) in [5.41, 5.74) is 0.508. The van der Waals surface area contributed by atoms with Crippen molar-refractivity contribution < 1.29 is 4.39 Å². The molecule has 14 heavy (non-hydrogen) atoms. The van der Waals surface area contributed by atoms with Crippen LogP contribution >= 0.6 is 27.3 Å². The molecule has 0 aliphatic heterocycles. The first kappa shape index (κ1) is 9.63. The topological polar surface area (TPSA) is 23.8 Å². The van der Waals surface area contributed by atoms with Crippen LogP contribution in [0.5, 0.6) is 0 Å². The van der Waals surface area contributed by atoms with Gasteiger partial charge in [-0.2, -0.15) is 9.65 Å². The summed E-state index contributed by atoms with van der Waals surface area (Å²) in [7, 11) is 0. The number of thiophene rings is 1. The molecule has 1 aromatic heterocycles. The van der Waals surface area contributed by atoms with E-state index in [1.165, 1.54) is 0 Å². The lowest BCUT2D eigenvalue weighted by molar-refractivity contribution is 0.647. The van der Waals surface area contributed by atoms with Crippen molar-refractivity contribution in [1.82, 2.24) is 0 Å². The van der Waals surface area contributed by atoms with Crippen LogP contribution in [0, 0.1) is 16.5 Å². The summed E-state index contributed by atoms with van der Waals surface area (Å²) in [6, 6.07) is 7.53. The molecule has 0 spiro atoms. The molecule has 0 unspecified atom stereocenters. The zero-order chi connectivity index (χ0) is 10.1. The first-order valence-electron chi connectivity index (χ1n) is 3.96. The number of hydrogen-bond acceptors (Lipinski definition) is 2. The van der Waals surface area contributed by atoms with E-state index >= 15 is 0 Å². The van der Waals surface area contributed by atoms with E-state index in [-0.39, 0.29) is 11.6 Å². The van der Waals surface area contributed by atoms with Crippen LogP contribution in [0.3, 0.4) is 0 Å². The molecule has 0 radical (unpaired) electrons. The molecule has 0 amide bonds. The van der Waals surface area contributed by atoms with Crippen molar-refractivity contribution in [1.29, 1.82) is 5.26 Å². The number of halogens is 2. The highest BCUT2D eigenvalue weighted by Crippen LogP contribution is 2.35. The van der Waals surface area contributed by atoms with Gasteiger partial charge in [-0.05, 0) is 22.0 Å². The molecule has 1 heterocycles. The van der Waals surface area contributed by atoms with Gasteiger partial charge in [0.25, 0.3) is 0 Å². The smallest absolute Gasteiger partial charge is 0.181 e. The lowest BCUT2D eigenvalue weighted by atomic mass is 10.1. The van der Waals surface area contributed by atoms with Crippen molar-refractivity contribution in [2.24, 2.45) is 0 Å². The molecule has 2 aromatic rings. The first-order chi connectivity index (χ1) is 6.74. The van der Waals surface area contributed by atoms with Crippen molar-refractivity contribution in [3.63, 3.8) is 0 Å². The lowest BCUT2D eigenvalue weighted by Crippen LogP contribution is -1.81. The van der Waals surface area contributed by atoms with Gasteiger partial charge in [0.05, 0.1) is 17.2 Å². The summed E-state index contributed by atoms with van der Waals surface area (Å²) in [4.78, 5) is 0. The van der Waals surface area contributed by atoms with Crippen LogP contribution in [0.15, 0.2) is 22.7 Å². The molecule has 2 rings (SSSR count). The summed E-state index contributed by atoms with van der Waals surface area (Å²) < 4.78 is 15.2. The van der Waals surface area contributed by atoms with Crippen LogP contribution < -0.4 is 0 Å². The summed E-state index contributed by atoms with van der Waals surface area (Å²) in [6.07, 6.45) is 0.127. The first-order valence-corrected chi connectivity index (χ1v) is 5.57. The van der Waals surface area contributed by atoms with E-state index in [0.29, 0.717) is 5.56 Å². The van der Waals surface area contributed by atoms with Crippen LogP contribution in [-0.4, -0.2) is 0 Å². The summed E-state index contributed by atoms with van der Waals surface area (Å²) in [5.74, 6) is 0. The second-order valence-corrected chi connectivity index (χ2v) is 4.63. The van der Waals surface area contributed by atoms with Gasteiger partial charge in [0.1, 0.15) is 0 Å². The van der Waals surface area contributed by atoms with Crippen molar-refractivity contribution >= 4 is 37.4 Å². The van der Waals surface area contributed by atoms with Crippen LogP contribution in [0.1, 0.15) is 5.56 Å². The molecule has 0 atom stereocenters. The van der Waals surface area contributed by atoms with Gasteiger partial charge in [-0.3, -0.25) is 0 Å². The van der Waals surface area contributed by atoms with E-state index in [9.17, 15) is 4.39 Å². The molecule has 70 valence electrons. The van der Waals surface area contributed by atoms with E-state index in [1.54, 1.807) is 0 Å². The van der Waals surface area contributed by atoms with Crippen molar-refractivity contribution in [2.45, 2.75) is 6.42 Å². The largest absolute Gasteiger partial charge is 0.198 e. The van der Waals surface area contributed by atoms with Crippen molar-refractivity contribution in [2.75, 3.05) is 0 Å². The van der Waals surface area contributed by atoms with Gasteiger partial charge in [0.15, 0.2) is 5.13 Å². The summed E-state index contributed by atoms with van der Waals surface area (Å²) >= 11 is 4.44. The molecular weight excluding hydrogens is 265 g/mol. The van der Waals surface area contributed by atoms with Gasteiger partial charge in [-0.1, -0.05) is 12.1 Å². The van der Waals surface area contributed by atoms with E-state index < -0.39 is 0 Å². The Labute approximate surface area is 92.9 Å². The maximum Gasteiger partial charge on any atom is 0.181 e. The highest BCUT2D eigenvalue weighted by Gasteiger charge is 2.12.